The van der Waals surface area contributed by atoms with Crippen molar-refractivity contribution in [2.75, 3.05) is 0 Å². The molecule has 0 saturated heterocycles. The Morgan fingerprint density at radius 1 is 1.00 bits per heavy atom. The number of H-pyrrole nitrogens is 1. The van der Waals surface area contributed by atoms with Crippen LogP contribution in [0, 0.1) is 10.1 Å². The summed E-state index contributed by atoms with van der Waals surface area (Å²) >= 11 is 0. The van der Waals surface area contributed by atoms with Gasteiger partial charge in [-0.05, 0) is 24.3 Å². The first kappa shape index (κ1) is 12.5. The number of rotatable bonds is 1. The van der Waals surface area contributed by atoms with Crippen LogP contribution in [0.25, 0.3) is 21.8 Å². The summed E-state index contributed by atoms with van der Waals surface area (Å²) in [7, 11) is 0. The van der Waals surface area contributed by atoms with E-state index in [1.54, 1.807) is 0 Å². The molecule has 0 aliphatic rings. The Hall–Kier alpha value is -2.57. The molecule has 0 spiro atoms. The van der Waals surface area contributed by atoms with Gasteiger partial charge in [0.1, 0.15) is 0 Å². The molecule has 0 atom stereocenters. The summed E-state index contributed by atoms with van der Waals surface area (Å²) in [5.41, 5.74) is 0.0892. The first-order chi connectivity index (χ1) is 9.36. The van der Waals surface area contributed by atoms with Crippen molar-refractivity contribution in [3.8, 4) is 0 Å². The fourth-order valence-corrected chi connectivity index (χ4v) is 2.18. The van der Waals surface area contributed by atoms with Gasteiger partial charge in [0, 0.05) is 28.4 Å². The number of alkyl halides is 3. The molecule has 0 aliphatic carbocycles. The highest BCUT2D eigenvalue weighted by Crippen LogP contribution is 2.34. The molecule has 4 nitrogen and oxygen atoms in total. The maximum Gasteiger partial charge on any atom is 0.416 e. The van der Waals surface area contributed by atoms with Gasteiger partial charge in [-0.25, -0.2) is 0 Å². The average molecular weight is 280 g/mol. The van der Waals surface area contributed by atoms with E-state index in [0.29, 0.717) is 21.8 Å². The Morgan fingerprint density at radius 3 is 2.40 bits per heavy atom. The Kier molecular flexibility index (Phi) is 2.47. The highest BCUT2D eigenvalue weighted by Gasteiger charge is 2.30. The Bertz CT molecular complexity index is 837. The van der Waals surface area contributed by atoms with Crippen LogP contribution in [0.4, 0.5) is 18.9 Å². The molecular weight excluding hydrogens is 273 g/mol. The van der Waals surface area contributed by atoms with E-state index >= 15 is 0 Å². The van der Waals surface area contributed by atoms with Crippen molar-refractivity contribution in [1.29, 1.82) is 0 Å². The zero-order valence-electron chi connectivity index (χ0n) is 9.86. The number of non-ortho nitro benzene ring substituents is 1. The van der Waals surface area contributed by atoms with Crippen LogP contribution in [0.3, 0.4) is 0 Å². The number of aromatic amines is 1. The zero-order valence-corrected chi connectivity index (χ0v) is 9.86. The van der Waals surface area contributed by atoms with Crippen molar-refractivity contribution in [2.24, 2.45) is 0 Å². The number of hydrogen-bond acceptors (Lipinski definition) is 2. The number of benzene rings is 2. The second kappa shape index (κ2) is 3.96. The predicted octanol–water partition coefficient (Wildman–Crippen LogP) is 4.25. The van der Waals surface area contributed by atoms with Crippen LogP contribution in [-0.2, 0) is 6.18 Å². The first-order valence-electron chi connectivity index (χ1n) is 5.63. The van der Waals surface area contributed by atoms with Crippen molar-refractivity contribution >= 4 is 27.5 Å². The number of halogens is 3. The summed E-state index contributed by atoms with van der Waals surface area (Å²) in [6.45, 7) is 0. The molecule has 0 aliphatic heterocycles. The summed E-state index contributed by atoms with van der Waals surface area (Å²) in [6.07, 6.45) is -4.42. The van der Waals surface area contributed by atoms with Gasteiger partial charge in [0.25, 0.3) is 5.69 Å². The summed E-state index contributed by atoms with van der Waals surface area (Å²) in [6, 6.07) is 7.38. The molecule has 1 N–H and O–H groups in total. The van der Waals surface area contributed by atoms with Crippen LogP contribution >= 0.6 is 0 Å². The lowest BCUT2D eigenvalue weighted by atomic mass is 10.1. The van der Waals surface area contributed by atoms with Crippen LogP contribution in [0.5, 0.6) is 0 Å². The smallest absolute Gasteiger partial charge is 0.354 e. The number of aromatic nitrogens is 1. The minimum Gasteiger partial charge on any atom is -0.354 e. The van der Waals surface area contributed by atoms with E-state index in [0.717, 1.165) is 12.1 Å². The van der Waals surface area contributed by atoms with E-state index in [-0.39, 0.29) is 5.69 Å². The molecule has 3 rings (SSSR count). The SMILES string of the molecule is O=[N+]([O-])c1ccc2c(c1)[nH]c1ccc(C(F)(F)F)cc12. The molecular formula is C13H7F3N2O2. The van der Waals surface area contributed by atoms with Crippen molar-refractivity contribution in [1.82, 2.24) is 4.98 Å². The Balaban J connectivity index is 2.30. The third kappa shape index (κ3) is 1.87. The first-order valence-corrected chi connectivity index (χ1v) is 5.63. The fraction of sp³-hybridized carbons (Fsp3) is 0.0769. The topological polar surface area (TPSA) is 58.9 Å². The Labute approximate surface area is 110 Å². The van der Waals surface area contributed by atoms with Crippen LogP contribution in [0.2, 0.25) is 0 Å². The molecule has 0 unspecified atom stereocenters. The highest BCUT2D eigenvalue weighted by molar-refractivity contribution is 6.07. The zero-order chi connectivity index (χ0) is 14.5. The molecule has 0 saturated carbocycles. The minimum absolute atomic E-state index is 0.111. The predicted molar refractivity (Wildman–Crippen MR) is 67.5 cm³/mol. The number of fused-ring (bicyclic) bond motifs is 3. The van der Waals surface area contributed by atoms with Gasteiger partial charge in [-0.15, -0.1) is 0 Å². The Morgan fingerprint density at radius 2 is 1.75 bits per heavy atom. The molecule has 0 fully saturated rings. The third-order valence-corrected chi connectivity index (χ3v) is 3.12. The molecule has 1 heterocycles. The third-order valence-electron chi connectivity index (χ3n) is 3.12. The molecule has 2 aromatic carbocycles. The molecule has 20 heavy (non-hydrogen) atoms. The number of nitrogens with one attached hydrogen (secondary N) is 1. The largest absolute Gasteiger partial charge is 0.416 e. The van der Waals surface area contributed by atoms with Crippen LogP contribution in [-0.4, -0.2) is 9.91 Å². The quantitative estimate of drug-likeness (QED) is 0.535. The lowest BCUT2D eigenvalue weighted by Gasteiger charge is -2.05. The average Bonchev–Trinajstić information content (AvgIpc) is 2.74. The monoisotopic (exact) mass is 280 g/mol. The van der Waals surface area contributed by atoms with Gasteiger partial charge in [-0.3, -0.25) is 10.1 Å². The minimum atomic E-state index is -4.42. The van der Waals surface area contributed by atoms with E-state index in [1.807, 2.05) is 0 Å². The molecule has 7 heteroatoms. The summed E-state index contributed by atoms with van der Waals surface area (Å²) in [5, 5.41) is 11.6. The van der Waals surface area contributed by atoms with Crippen LogP contribution in [0.15, 0.2) is 36.4 Å². The van der Waals surface area contributed by atoms with Crippen LogP contribution in [0.1, 0.15) is 5.56 Å². The van der Waals surface area contributed by atoms with Crippen molar-refractivity contribution in [2.45, 2.75) is 6.18 Å². The van der Waals surface area contributed by atoms with Gasteiger partial charge in [0.2, 0.25) is 0 Å². The van der Waals surface area contributed by atoms with Gasteiger partial charge in [-0.2, -0.15) is 13.2 Å². The van der Waals surface area contributed by atoms with Gasteiger partial charge < -0.3 is 4.98 Å². The van der Waals surface area contributed by atoms with Crippen molar-refractivity contribution < 1.29 is 18.1 Å². The van der Waals surface area contributed by atoms with E-state index in [4.69, 9.17) is 0 Å². The number of hydrogen-bond donors (Lipinski definition) is 1. The van der Waals surface area contributed by atoms with Crippen molar-refractivity contribution in [3.05, 3.63) is 52.1 Å². The van der Waals surface area contributed by atoms with Crippen molar-refractivity contribution in [3.63, 3.8) is 0 Å². The lowest BCUT2D eigenvalue weighted by Crippen LogP contribution is -2.03. The summed E-state index contributed by atoms with van der Waals surface area (Å²) in [5.74, 6) is 0. The summed E-state index contributed by atoms with van der Waals surface area (Å²) < 4.78 is 38.1. The maximum absolute atomic E-state index is 12.7. The van der Waals surface area contributed by atoms with Gasteiger partial charge in [0.15, 0.2) is 0 Å². The second-order valence-electron chi connectivity index (χ2n) is 4.37. The standard InChI is InChI=1S/C13H7F3N2O2/c14-13(15,16)7-1-4-11-10(5-7)9-3-2-8(18(19)20)6-12(9)17-11/h1-6,17H. The molecule has 0 radical (unpaired) electrons. The molecule has 102 valence electrons. The highest BCUT2D eigenvalue weighted by atomic mass is 19.4. The van der Waals surface area contributed by atoms with Gasteiger partial charge in [-0.1, -0.05) is 0 Å². The fourth-order valence-electron chi connectivity index (χ4n) is 2.18. The summed E-state index contributed by atoms with van der Waals surface area (Å²) in [4.78, 5) is 13.0. The molecule has 3 aromatic rings. The van der Waals surface area contributed by atoms with E-state index in [1.165, 1.54) is 24.3 Å². The number of nitrogens with zero attached hydrogens (tertiary/aromatic N) is 1. The second-order valence-corrected chi connectivity index (χ2v) is 4.37. The van der Waals surface area contributed by atoms with Crippen LogP contribution < -0.4 is 0 Å². The number of nitro benzene ring substituents is 1. The van der Waals surface area contributed by atoms with E-state index in [9.17, 15) is 23.3 Å². The van der Waals surface area contributed by atoms with E-state index < -0.39 is 16.7 Å². The molecule has 0 bridgehead atoms. The number of nitro groups is 1. The van der Waals surface area contributed by atoms with Gasteiger partial charge in [0.05, 0.1) is 16.0 Å². The molecule has 1 aromatic heterocycles. The molecule has 0 amide bonds. The van der Waals surface area contributed by atoms with E-state index in [2.05, 4.69) is 4.98 Å². The van der Waals surface area contributed by atoms with Gasteiger partial charge >= 0.3 is 6.18 Å². The lowest BCUT2D eigenvalue weighted by molar-refractivity contribution is -0.384. The maximum atomic E-state index is 12.7. The normalized spacial score (nSPS) is 12.2.